The minimum absolute atomic E-state index is 0.170. The van der Waals surface area contributed by atoms with Crippen LogP contribution in [-0.2, 0) is 4.74 Å². The molecule has 0 aliphatic carbocycles. The highest BCUT2D eigenvalue weighted by molar-refractivity contribution is 5.70. The fourth-order valence-corrected chi connectivity index (χ4v) is 5.15. The maximum absolute atomic E-state index is 12.6. The lowest BCUT2D eigenvalue weighted by Gasteiger charge is -2.57. The maximum atomic E-state index is 12.6. The van der Waals surface area contributed by atoms with Crippen LogP contribution >= 0.6 is 0 Å². The number of aryl methyl sites for hydroxylation is 2. The van der Waals surface area contributed by atoms with Crippen LogP contribution in [0, 0.1) is 13.8 Å². The first-order valence-corrected chi connectivity index (χ1v) is 11.8. The largest absolute Gasteiger partial charge is 0.444 e. The van der Waals surface area contributed by atoms with E-state index in [-0.39, 0.29) is 18.2 Å². The summed E-state index contributed by atoms with van der Waals surface area (Å²) in [4.78, 5) is 28.8. The number of nitrogens with zero attached hydrogens (tertiary/aromatic N) is 6. The highest BCUT2D eigenvalue weighted by atomic mass is 16.6. The number of piperazine rings is 1. The van der Waals surface area contributed by atoms with Crippen LogP contribution in [0.15, 0.2) is 12.1 Å². The van der Waals surface area contributed by atoms with Crippen molar-refractivity contribution in [2.45, 2.75) is 71.2 Å². The number of carbonyl (C=O) groups excluding carboxylic acids is 1. The first-order chi connectivity index (χ1) is 15.6. The number of H-pyrrole nitrogens is 1. The summed E-state index contributed by atoms with van der Waals surface area (Å²) in [6.07, 6.45) is 1.98. The SMILES string of the molecule is Cc1cc(Nc2cc(C)[nH]n2)nc(N2CCC(N3CC4CC(C3)N4C(=O)OC(C)(C)C)C2)n1. The number of carbonyl (C=O) groups is 1. The minimum Gasteiger partial charge on any atom is -0.444 e. The van der Waals surface area contributed by atoms with Crippen LogP contribution in [0.4, 0.5) is 22.4 Å². The van der Waals surface area contributed by atoms with Gasteiger partial charge < -0.3 is 15.0 Å². The second-order valence-corrected chi connectivity index (χ2v) is 10.5. The molecule has 10 nitrogen and oxygen atoms in total. The Morgan fingerprint density at radius 2 is 1.85 bits per heavy atom. The van der Waals surface area contributed by atoms with Gasteiger partial charge in [0.05, 0.1) is 12.1 Å². The van der Waals surface area contributed by atoms with E-state index in [9.17, 15) is 4.79 Å². The van der Waals surface area contributed by atoms with Gasteiger partial charge >= 0.3 is 6.09 Å². The average Bonchev–Trinajstić information content (AvgIpc) is 3.35. The van der Waals surface area contributed by atoms with Gasteiger partial charge in [0.2, 0.25) is 5.95 Å². The zero-order chi connectivity index (χ0) is 23.3. The monoisotopic (exact) mass is 454 g/mol. The van der Waals surface area contributed by atoms with Crippen molar-refractivity contribution < 1.29 is 9.53 Å². The molecule has 2 bridgehead atoms. The molecule has 2 N–H and O–H groups in total. The Kier molecular flexibility index (Phi) is 5.43. The van der Waals surface area contributed by atoms with Crippen molar-refractivity contribution in [3.63, 3.8) is 0 Å². The minimum atomic E-state index is -0.454. The summed E-state index contributed by atoms with van der Waals surface area (Å²) in [5.41, 5.74) is 1.46. The topological polar surface area (TPSA) is 103 Å². The molecule has 4 aliphatic rings. The van der Waals surface area contributed by atoms with Gasteiger partial charge in [0.25, 0.3) is 0 Å². The van der Waals surface area contributed by atoms with E-state index in [4.69, 9.17) is 14.7 Å². The van der Waals surface area contributed by atoms with Gasteiger partial charge in [-0.15, -0.1) is 0 Å². The van der Waals surface area contributed by atoms with Crippen molar-refractivity contribution in [3.05, 3.63) is 23.5 Å². The van der Waals surface area contributed by atoms with Crippen LogP contribution in [0.1, 0.15) is 45.0 Å². The molecule has 10 heteroatoms. The van der Waals surface area contributed by atoms with Gasteiger partial charge in [-0.05, 0) is 47.5 Å². The standard InChI is InChI=1S/C23H34N8O2/c1-14-8-19(25-20-9-15(2)27-28-20)26-21(24-14)29-7-6-16(11-29)30-12-17-10-18(13-30)31(17)22(32)33-23(3,4)5/h8-9,16-18H,6-7,10-13H2,1-5H3,(H2,24,25,26,27,28). The van der Waals surface area contributed by atoms with Gasteiger partial charge in [-0.1, -0.05) is 0 Å². The Morgan fingerprint density at radius 1 is 1.09 bits per heavy atom. The van der Waals surface area contributed by atoms with Gasteiger partial charge in [0, 0.05) is 55.7 Å². The van der Waals surface area contributed by atoms with E-state index in [0.29, 0.717) is 6.04 Å². The number of aromatic nitrogens is 4. The van der Waals surface area contributed by atoms with Crippen LogP contribution < -0.4 is 10.2 Å². The normalized spacial score (nSPS) is 25.2. The maximum Gasteiger partial charge on any atom is 0.410 e. The molecule has 33 heavy (non-hydrogen) atoms. The molecule has 4 aliphatic heterocycles. The van der Waals surface area contributed by atoms with Crippen molar-refractivity contribution in [2.24, 2.45) is 0 Å². The summed E-state index contributed by atoms with van der Waals surface area (Å²) in [5.74, 6) is 2.25. The molecule has 0 aromatic carbocycles. The lowest BCUT2D eigenvalue weighted by Crippen LogP contribution is -2.71. The van der Waals surface area contributed by atoms with Crippen LogP contribution in [-0.4, -0.2) is 86.0 Å². The van der Waals surface area contributed by atoms with Crippen LogP contribution in [0.2, 0.25) is 0 Å². The first-order valence-electron chi connectivity index (χ1n) is 11.8. The average molecular weight is 455 g/mol. The summed E-state index contributed by atoms with van der Waals surface area (Å²) < 4.78 is 5.61. The molecular formula is C23H34N8O2. The zero-order valence-corrected chi connectivity index (χ0v) is 20.1. The van der Waals surface area contributed by atoms with Crippen LogP contribution in [0.5, 0.6) is 0 Å². The Bertz CT molecular complexity index is 1020. The lowest BCUT2D eigenvalue weighted by atomic mass is 9.87. The molecule has 4 saturated heterocycles. The third-order valence-electron chi connectivity index (χ3n) is 6.59. The Hall–Kier alpha value is -2.88. The molecule has 4 fully saturated rings. The number of rotatable bonds is 4. The smallest absolute Gasteiger partial charge is 0.410 e. The van der Waals surface area contributed by atoms with Gasteiger partial charge in [0.15, 0.2) is 5.82 Å². The van der Waals surface area contributed by atoms with E-state index in [2.05, 4.69) is 25.3 Å². The molecule has 3 unspecified atom stereocenters. The molecule has 6 heterocycles. The van der Waals surface area contributed by atoms with Crippen LogP contribution in [0.3, 0.4) is 0 Å². The Labute approximate surface area is 194 Å². The van der Waals surface area contributed by atoms with E-state index in [1.165, 1.54) is 0 Å². The zero-order valence-electron chi connectivity index (χ0n) is 20.1. The predicted octanol–water partition coefficient (Wildman–Crippen LogP) is 2.83. The van der Waals surface area contributed by atoms with E-state index in [1.807, 2.05) is 51.7 Å². The van der Waals surface area contributed by atoms with Crippen molar-refractivity contribution in [1.82, 2.24) is 30.0 Å². The first kappa shape index (κ1) is 21.9. The molecule has 2 aromatic heterocycles. The summed E-state index contributed by atoms with van der Waals surface area (Å²) in [6, 6.07) is 4.85. The molecule has 178 valence electrons. The van der Waals surface area contributed by atoms with Crippen LogP contribution in [0.25, 0.3) is 0 Å². The molecule has 3 atom stereocenters. The number of hydrogen-bond acceptors (Lipinski definition) is 8. The van der Waals surface area contributed by atoms with Gasteiger partial charge in [0.1, 0.15) is 11.4 Å². The van der Waals surface area contributed by atoms with Crippen molar-refractivity contribution in [2.75, 3.05) is 36.4 Å². The quantitative estimate of drug-likeness (QED) is 0.727. The summed E-state index contributed by atoms with van der Waals surface area (Å²) in [6.45, 7) is 13.4. The number of ether oxygens (including phenoxy) is 1. The third-order valence-corrected chi connectivity index (χ3v) is 6.59. The van der Waals surface area contributed by atoms with Gasteiger partial charge in [-0.3, -0.25) is 14.9 Å². The number of anilines is 3. The third kappa shape index (κ3) is 4.62. The molecular weight excluding hydrogens is 420 g/mol. The number of aromatic amines is 1. The van der Waals surface area contributed by atoms with Crippen molar-refractivity contribution >= 4 is 23.7 Å². The number of hydrogen-bond donors (Lipinski definition) is 2. The van der Waals surface area contributed by atoms with E-state index < -0.39 is 5.60 Å². The Morgan fingerprint density at radius 3 is 2.52 bits per heavy atom. The van der Waals surface area contributed by atoms with Crippen molar-refractivity contribution in [3.8, 4) is 0 Å². The van der Waals surface area contributed by atoms with E-state index in [0.717, 1.165) is 68.0 Å². The molecule has 0 saturated carbocycles. The number of fused-ring (bicyclic) bond motifs is 2. The fraction of sp³-hybridized carbons (Fsp3) is 0.652. The summed E-state index contributed by atoms with van der Waals surface area (Å²) in [5, 5.41) is 10.4. The highest BCUT2D eigenvalue weighted by Gasteiger charge is 2.50. The predicted molar refractivity (Wildman–Crippen MR) is 126 cm³/mol. The number of amides is 1. The lowest BCUT2D eigenvalue weighted by molar-refractivity contribution is -0.0838. The van der Waals surface area contributed by atoms with Gasteiger partial charge in [-0.25, -0.2) is 9.78 Å². The molecule has 0 radical (unpaired) electrons. The number of piperidine rings is 1. The summed E-state index contributed by atoms with van der Waals surface area (Å²) in [7, 11) is 0. The molecule has 1 amide bonds. The highest BCUT2D eigenvalue weighted by Crippen LogP contribution is 2.36. The van der Waals surface area contributed by atoms with E-state index in [1.54, 1.807) is 0 Å². The van der Waals surface area contributed by atoms with E-state index >= 15 is 0 Å². The molecule has 6 rings (SSSR count). The van der Waals surface area contributed by atoms with Gasteiger partial charge in [-0.2, -0.15) is 10.1 Å². The second-order valence-electron chi connectivity index (χ2n) is 10.5. The molecule has 0 spiro atoms. The fourth-order valence-electron chi connectivity index (χ4n) is 5.15. The number of nitrogens with one attached hydrogen (secondary N) is 2. The Balaban J connectivity index is 1.20. The summed E-state index contributed by atoms with van der Waals surface area (Å²) >= 11 is 0. The van der Waals surface area contributed by atoms with Crippen molar-refractivity contribution in [1.29, 1.82) is 0 Å². The molecule has 2 aromatic rings. The second kappa shape index (κ2) is 8.16.